The van der Waals surface area contributed by atoms with Crippen molar-refractivity contribution in [3.63, 3.8) is 0 Å². The molecule has 40 heavy (non-hydrogen) atoms. The number of rotatable bonds is 12. The van der Waals surface area contributed by atoms with Crippen molar-refractivity contribution in [2.24, 2.45) is 0 Å². The first-order chi connectivity index (χ1) is 19.0. The Morgan fingerprint density at radius 2 is 1.55 bits per heavy atom. The Labute approximate surface area is 234 Å². The van der Waals surface area contributed by atoms with Crippen molar-refractivity contribution >= 4 is 36.4 Å². The minimum absolute atomic E-state index is 0.109. The Kier molecular flexibility index (Phi) is 8.92. The summed E-state index contributed by atoms with van der Waals surface area (Å²) in [6.45, 7) is 1.51. The van der Waals surface area contributed by atoms with Crippen LogP contribution in [0.1, 0.15) is 6.42 Å². The summed E-state index contributed by atoms with van der Waals surface area (Å²) < 4.78 is 60.0. The van der Waals surface area contributed by atoms with E-state index in [1.807, 2.05) is 11.9 Å². The number of ether oxygens (including phenoxy) is 2. The lowest BCUT2D eigenvalue weighted by Gasteiger charge is -2.17. The molecule has 1 heterocycles. The second kappa shape index (κ2) is 12.2. The van der Waals surface area contributed by atoms with Crippen LogP contribution in [0.25, 0.3) is 22.3 Å². The second-order valence-electron chi connectivity index (χ2n) is 9.43. The molecule has 212 valence electrons. The van der Waals surface area contributed by atoms with Gasteiger partial charge in [-0.15, -0.1) is 0 Å². The first-order valence-electron chi connectivity index (χ1n) is 12.5. The molecule has 0 spiro atoms. The Bertz CT molecular complexity index is 1690. The molecule has 0 aliphatic rings. The Morgan fingerprint density at radius 3 is 2.20 bits per heavy atom. The van der Waals surface area contributed by atoms with E-state index in [1.54, 1.807) is 54.6 Å². The summed E-state index contributed by atoms with van der Waals surface area (Å²) in [5, 5.41) is 0.594. The van der Waals surface area contributed by atoms with Gasteiger partial charge in [0.2, 0.25) is 9.84 Å². The number of fused-ring (bicyclic) bond motifs is 1. The molecule has 4 rings (SSSR count). The molecule has 0 fully saturated rings. The van der Waals surface area contributed by atoms with Gasteiger partial charge < -0.3 is 20.1 Å². The van der Waals surface area contributed by atoms with E-state index in [2.05, 4.69) is 9.97 Å². The highest BCUT2D eigenvalue weighted by molar-refractivity contribution is 7.91. The van der Waals surface area contributed by atoms with Gasteiger partial charge in [0.15, 0.2) is 17.3 Å². The molecule has 1 aromatic heterocycles. The van der Waals surface area contributed by atoms with Crippen molar-refractivity contribution in [3.8, 4) is 22.9 Å². The standard InChI is InChI=1S/C28H32N4O6S2/c1-32(15-17-39(3,33)34)14-7-16-38-26-19-24-23(18-25(26)37-2)27(29)31-28(30-24)20-10-12-22(13-11-20)40(35,36)21-8-5-4-6-9-21/h4-6,8-13,18-19H,7,14-17H2,1-3H3,(H2,29,30,31). The van der Waals surface area contributed by atoms with E-state index in [4.69, 9.17) is 15.2 Å². The van der Waals surface area contributed by atoms with Crippen LogP contribution in [0.2, 0.25) is 0 Å². The monoisotopic (exact) mass is 584 g/mol. The molecule has 0 saturated carbocycles. The molecule has 0 aliphatic carbocycles. The topological polar surface area (TPSA) is 142 Å². The molecule has 0 aliphatic heterocycles. The lowest BCUT2D eigenvalue weighted by Crippen LogP contribution is -2.27. The highest BCUT2D eigenvalue weighted by Crippen LogP contribution is 2.35. The maximum absolute atomic E-state index is 12.9. The van der Waals surface area contributed by atoms with Crippen molar-refractivity contribution in [2.75, 3.05) is 51.6 Å². The molecule has 3 aromatic carbocycles. The maximum Gasteiger partial charge on any atom is 0.206 e. The van der Waals surface area contributed by atoms with E-state index in [-0.39, 0.29) is 21.4 Å². The lowest BCUT2D eigenvalue weighted by atomic mass is 10.1. The van der Waals surface area contributed by atoms with Crippen LogP contribution in [0.3, 0.4) is 0 Å². The maximum atomic E-state index is 12.9. The van der Waals surface area contributed by atoms with Gasteiger partial charge in [-0.25, -0.2) is 26.8 Å². The average Bonchev–Trinajstić information content (AvgIpc) is 2.94. The third kappa shape index (κ3) is 7.06. The first kappa shape index (κ1) is 29.2. The molecule has 0 atom stereocenters. The van der Waals surface area contributed by atoms with Crippen LogP contribution < -0.4 is 15.2 Å². The Balaban J connectivity index is 1.52. The van der Waals surface area contributed by atoms with E-state index in [1.165, 1.54) is 25.5 Å². The van der Waals surface area contributed by atoms with Crippen LogP contribution in [-0.2, 0) is 19.7 Å². The molecule has 2 N–H and O–H groups in total. The molecule has 0 unspecified atom stereocenters. The summed E-state index contributed by atoms with van der Waals surface area (Å²) in [5.41, 5.74) is 7.42. The third-order valence-electron chi connectivity index (χ3n) is 6.27. The van der Waals surface area contributed by atoms with Crippen LogP contribution in [0.5, 0.6) is 11.5 Å². The van der Waals surface area contributed by atoms with E-state index in [0.29, 0.717) is 59.9 Å². The third-order valence-corrected chi connectivity index (χ3v) is 8.98. The molecular weight excluding hydrogens is 552 g/mol. The molecule has 12 heteroatoms. The number of aromatic nitrogens is 2. The number of hydrogen-bond donors (Lipinski definition) is 1. The first-order valence-corrected chi connectivity index (χ1v) is 16.1. The Morgan fingerprint density at radius 1 is 0.875 bits per heavy atom. The van der Waals surface area contributed by atoms with Crippen molar-refractivity contribution in [1.82, 2.24) is 14.9 Å². The molecule has 0 bridgehead atoms. The number of anilines is 1. The van der Waals surface area contributed by atoms with Crippen LogP contribution in [0.15, 0.2) is 76.5 Å². The van der Waals surface area contributed by atoms with Gasteiger partial charge in [0.25, 0.3) is 0 Å². The average molecular weight is 585 g/mol. The van der Waals surface area contributed by atoms with Crippen LogP contribution in [0, 0.1) is 0 Å². The van der Waals surface area contributed by atoms with Gasteiger partial charge in [0.1, 0.15) is 15.7 Å². The molecule has 4 aromatic rings. The number of nitrogens with zero attached hydrogens (tertiary/aromatic N) is 3. The second-order valence-corrected chi connectivity index (χ2v) is 13.6. The predicted octanol–water partition coefficient (Wildman–Crippen LogP) is 3.47. The largest absolute Gasteiger partial charge is 0.493 e. The summed E-state index contributed by atoms with van der Waals surface area (Å²) in [6, 6.07) is 18.0. The predicted molar refractivity (Wildman–Crippen MR) is 155 cm³/mol. The quantitative estimate of drug-likeness (QED) is 0.246. The van der Waals surface area contributed by atoms with Crippen LogP contribution >= 0.6 is 0 Å². The zero-order valence-corrected chi connectivity index (χ0v) is 24.2. The van der Waals surface area contributed by atoms with Gasteiger partial charge in [0, 0.05) is 36.4 Å². The number of sulfone groups is 2. The van der Waals surface area contributed by atoms with Crippen LogP contribution in [-0.4, -0.2) is 77.6 Å². The number of benzene rings is 3. The summed E-state index contributed by atoms with van der Waals surface area (Å²) >= 11 is 0. The fourth-order valence-corrected chi connectivity index (χ4v) is 5.96. The fourth-order valence-electron chi connectivity index (χ4n) is 4.03. The van der Waals surface area contributed by atoms with Gasteiger partial charge in [-0.2, -0.15) is 0 Å². The minimum atomic E-state index is -3.65. The zero-order chi connectivity index (χ0) is 28.9. The zero-order valence-electron chi connectivity index (χ0n) is 22.6. The smallest absolute Gasteiger partial charge is 0.206 e. The molecule has 0 radical (unpaired) electrons. The van der Waals surface area contributed by atoms with Crippen LogP contribution in [0.4, 0.5) is 5.82 Å². The SMILES string of the molecule is COc1cc2c(N)nc(-c3ccc(S(=O)(=O)c4ccccc4)cc3)nc2cc1OCCCN(C)CCS(C)(=O)=O. The van der Waals surface area contributed by atoms with E-state index in [0.717, 1.165) is 0 Å². The van der Waals surface area contributed by atoms with E-state index >= 15 is 0 Å². The summed E-state index contributed by atoms with van der Waals surface area (Å²) in [6.07, 6.45) is 1.90. The molecule has 0 saturated heterocycles. The van der Waals surface area contributed by atoms with Gasteiger partial charge in [-0.3, -0.25) is 0 Å². The fraction of sp³-hybridized carbons (Fsp3) is 0.286. The lowest BCUT2D eigenvalue weighted by molar-refractivity contribution is 0.259. The van der Waals surface area contributed by atoms with Crippen molar-refractivity contribution in [2.45, 2.75) is 16.2 Å². The van der Waals surface area contributed by atoms with Gasteiger partial charge in [0.05, 0.1) is 34.8 Å². The number of methoxy groups -OCH3 is 1. The van der Waals surface area contributed by atoms with E-state index < -0.39 is 19.7 Å². The van der Waals surface area contributed by atoms with Gasteiger partial charge >= 0.3 is 0 Å². The summed E-state index contributed by atoms with van der Waals surface area (Å²) in [7, 11) is -3.26. The summed E-state index contributed by atoms with van der Waals surface area (Å²) in [4.78, 5) is 11.4. The van der Waals surface area contributed by atoms with Crippen molar-refractivity contribution < 1.29 is 26.3 Å². The normalized spacial score (nSPS) is 12.1. The molecule has 10 nitrogen and oxygen atoms in total. The minimum Gasteiger partial charge on any atom is -0.493 e. The number of hydrogen-bond acceptors (Lipinski definition) is 10. The molecule has 0 amide bonds. The van der Waals surface area contributed by atoms with Crippen molar-refractivity contribution in [1.29, 1.82) is 0 Å². The van der Waals surface area contributed by atoms with Gasteiger partial charge in [-0.05, 0) is 55.9 Å². The van der Waals surface area contributed by atoms with Gasteiger partial charge in [-0.1, -0.05) is 18.2 Å². The Hall–Kier alpha value is -3.74. The molecular formula is C28H32N4O6S2. The highest BCUT2D eigenvalue weighted by Gasteiger charge is 2.18. The number of nitrogens with two attached hydrogens (primary N) is 1. The van der Waals surface area contributed by atoms with E-state index in [9.17, 15) is 16.8 Å². The summed E-state index contributed by atoms with van der Waals surface area (Å²) in [5.74, 6) is 1.67. The van der Waals surface area contributed by atoms with Crippen molar-refractivity contribution in [3.05, 3.63) is 66.7 Å². The number of nitrogen functional groups attached to an aromatic ring is 1. The highest BCUT2D eigenvalue weighted by atomic mass is 32.2.